The second-order valence-corrected chi connectivity index (χ2v) is 7.22. The van der Waals surface area contributed by atoms with E-state index in [2.05, 4.69) is 5.43 Å². The summed E-state index contributed by atoms with van der Waals surface area (Å²) in [4.78, 5) is 29.5. The average molecular weight is 401 g/mol. The van der Waals surface area contributed by atoms with E-state index in [1.165, 1.54) is 0 Å². The fourth-order valence-corrected chi connectivity index (χ4v) is 3.39. The largest absolute Gasteiger partial charge is 0.378 e. The summed E-state index contributed by atoms with van der Waals surface area (Å²) in [6, 6.07) is 14.9. The Morgan fingerprint density at radius 2 is 1.75 bits per heavy atom. The average Bonchev–Trinajstić information content (AvgIpc) is 2.77. The van der Waals surface area contributed by atoms with Crippen LogP contribution < -0.4 is 16.2 Å². The predicted octanol–water partition coefficient (Wildman–Crippen LogP) is 2.47. The number of amides is 3. The van der Waals surface area contributed by atoms with Crippen molar-refractivity contribution in [3.8, 4) is 0 Å². The maximum atomic E-state index is 13.2. The lowest BCUT2D eigenvalue weighted by Crippen LogP contribution is -2.48. The Morgan fingerprint density at radius 1 is 1.11 bits per heavy atom. The molecule has 0 saturated carbocycles. The third-order valence-electron chi connectivity index (χ3n) is 4.58. The SMILES string of the molecule is CSc1ccc(N(Cc2ccc(C(=O)NN)cc2)C(=O)N2CCOCC2)cc1. The van der Waals surface area contributed by atoms with Crippen LogP contribution in [0.25, 0.3) is 0 Å². The van der Waals surface area contributed by atoms with E-state index in [1.807, 2.05) is 47.6 Å². The first-order chi connectivity index (χ1) is 13.6. The number of benzene rings is 2. The van der Waals surface area contributed by atoms with Gasteiger partial charge in [-0.15, -0.1) is 11.8 Å². The van der Waals surface area contributed by atoms with Crippen LogP contribution in [0, 0.1) is 0 Å². The zero-order chi connectivity index (χ0) is 19.9. The van der Waals surface area contributed by atoms with Crippen LogP contribution in [0.2, 0.25) is 0 Å². The Labute approximate surface area is 168 Å². The normalized spacial score (nSPS) is 13.9. The van der Waals surface area contributed by atoms with Crippen molar-refractivity contribution < 1.29 is 14.3 Å². The number of morpholine rings is 1. The van der Waals surface area contributed by atoms with Crippen LogP contribution in [-0.4, -0.2) is 49.4 Å². The Kier molecular flexibility index (Phi) is 6.91. The predicted molar refractivity (Wildman–Crippen MR) is 110 cm³/mol. The third kappa shape index (κ3) is 4.83. The maximum absolute atomic E-state index is 13.2. The molecule has 0 radical (unpaired) electrons. The van der Waals surface area contributed by atoms with E-state index in [4.69, 9.17) is 10.6 Å². The van der Waals surface area contributed by atoms with Gasteiger partial charge in [0.15, 0.2) is 0 Å². The van der Waals surface area contributed by atoms with Crippen LogP contribution in [0.1, 0.15) is 15.9 Å². The van der Waals surface area contributed by atoms with Gasteiger partial charge in [-0.3, -0.25) is 15.1 Å². The van der Waals surface area contributed by atoms with Gasteiger partial charge in [0.2, 0.25) is 0 Å². The van der Waals surface area contributed by atoms with Gasteiger partial charge in [0.1, 0.15) is 0 Å². The van der Waals surface area contributed by atoms with Gasteiger partial charge in [-0.05, 0) is 48.2 Å². The van der Waals surface area contributed by atoms with Gasteiger partial charge < -0.3 is 9.64 Å². The first-order valence-corrected chi connectivity index (χ1v) is 10.2. The zero-order valence-electron chi connectivity index (χ0n) is 15.8. The lowest BCUT2D eigenvalue weighted by Gasteiger charge is -2.33. The van der Waals surface area contributed by atoms with E-state index in [1.54, 1.807) is 28.8 Å². The minimum atomic E-state index is -0.347. The number of nitrogens with one attached hydrogen (secondary N) is 1. The summed E-state index contributed by atoms with van der Waals surface area (Å²) in [6.07, 6.45) is 2.02. The Hall–Kier alpha value is -2.55. The van der Waals surface area contributed by atoms with Gasteiger partial charge in [-0.2, -0.15) is 0 Å². The summed E-state index contributed by atoms with van der Waals surface area (Å²) in [5.74, 6) is 4.83. The van der Waals surface area contributed by atoms with E-state index >= 15 is 0 Å². The minimum Gasteiger partial charge on any atom is -0.378 e. The standard InChI is InChI=1S/C20H24N4O3S/c1-28-18-8-6-17(7-9-18)24(20(26)23-10-12-27-13-11-23)14-15-2-4-16(5-3-15)19(25)22-21/h2-9H,10-14,21H2,1H3,(H,22,25). The van der Waals surface area contributed by atoms with Gasteiger partial charge in [0, 0.05) is 29.2 Å². The van der Waals surface area contributed by atoms with Crippen LogP contribution in [0.4, 0.5) is 10.5 Å². The molecule has 1 aliphatic heterocycles. The van der Waals surface area contributed by atoms with Crippen molar-refractivity contribution >= 4 is 29.4 Å². The number of rotatable bonds is 5. The molecular weight excluding hydrogens is 376 g/mol. The highest BCUT2D eigenvalue weighted by atomic mass is 32.2. The number of nitrogen functional groups attached to an aromatic ring is 1. The van der Waals surface area contributed by atoms with E-state index in [0.717, 1.165) is 16.1 Å². The molecule has 28 heavy (non-hydrogen) atoms. The quantitative estimate of drug-likeness (QED) is 0.348. The third-order valence-corrected chi connectivity index (χ3v) is 5.33. The van der Waals surface area contributed by atoms with Crippen LogP contribution in [0.5, 0.6) is 0 Å². The van der Waals surface area contributed by atoms with Gasteiger partial charge in [-0.25, -0.2) is 10.6 Å². The van der Waals surface area contributed by atoms with E-state index in [0.29, 0.717) is 38.4 Å². The highest BCUT2D eigenvalue weighted by Crippen LogP contribution is 2.24. The topological polar surface area (TPSA) is 87.9 Å². The second kappa shape index (κ2) is 9.59. The molecule has 3 amide bonds. The van der Waals surface area contributed by atoms with Crippen LogP contribution in [-0.2, 0) is 11.3 Å². The van der Waals surface area contributed by atoms with Gasteiger partial charge in [0.05, 0.1) is 19.8 Å². The number of carbonyl (C=O) groups excluding carboxylic acids is 2. The van der Waals surface area contributed by atoms with Crippen molar-refractivity contribution in [1.29, 1.82) is 0 Å². The summed E-state index contributed by atoms with van der Waals surface area (Å²) in [7, 11) is 0. The number of thioether (sulfide) groups is 1. The monoisotopic (exact) mass is 400 g/mol. The molecule has 2 aromatic carbocycles. The number of nitrogens with two attached hydrogens (primary N) is 1. The molecule has 0 spiro atoms. The van der Waals surface area contributed by atoms with Crippen molar-refractivity contribution in [2.45, 2.75) is 11.4 Å². The molecule has 1 aliphatic rings. The highest BCUT2D eigenvalue weighted by Gasteiger charge is 2.24. The number of urea groups is 1. The molecule has 0 aliphatic carbocycles. The Morgan fingerprint density at radius 3 is 2.32 bits per heavy atom. The Bertz CT molecular complexity index is 805. The summed E-state index contributed by atoms with van der Waals surface area (Å²) in [5, 5.41) is 0. The molecule has 8 heteroatoms. The fraction of sp³-hybridized carbons (Fsp3) is 0.300. The first kappa shape index (κ1) is 20.2. The van der Waals surface area contributed by atoms with Crippen LogP contribution in [0.3, 0.4) is 0 Å². The molecule has 0 aromatic heterocycles. The Balaban J connectivity index is 1.84. The number of nitrogens with zero attached hydrogens (tertiary/aromatic N) is 2. The molecule has 7 nitrogen and oxygen atoms in total. The molecule has 1 heterocycles. The number of hydrogen-bond acceptors (Lipinski definition) is 5. The van der Waals surface area contributed by atoms with Gasteiger partial charge in [0.25, 0.3) is 5.91 Å². The molecule has 3 N–H and O–H groups in total. The van der Waals surface area contributed by atoms with Crippen molar-refractivity contribution in [2.24, 2.45) is 5.84 Å². The number of hydrogen-bond donors (Lipinski definition) is 2. The van der Waals surface area contributed by atoms with E-state index in [9.17, 15) is 9.59 Å². The van der Waals surface area contributed by atoms with E-state index in [-0.39, 0.29) is 11.9 Å². The summed E-state index contributed by atoms with van der Waals surface area (Å²) >= 11 is 1.66. The van der Waals surface area contributed by atoms with Gasteiger partial charge in [-0.1, -0.05) is 12.1 Å². The number of ether oxygens (including phenoxy) is 1. The molecule has 148 valence electrons. The second-order valence-electron chi connectivity index (χ2n) is 6.34. The number of carbonyl (C=O) groups is 2. The molecule has 2 aromatic rings. The summed E-state index contributed by atoms with van der Waals surface area (Å²) < 4.78 is 5.37. The zero-order valence-corrected chi connectivity index (χ0v) is 16.6. The molecule has 0 unspecified atom stereocenters. The number of anilines is 1. The first-order valence-electron chi connectivity index (χ1n) is 9.00. The highest BCUT2D eigenvalue weighted by molar-refractivity contribution is 7.98. The lowest BCUT2D eigenvalue weighted by molar-refractivity contribution is 0.0548. The molecular formula is C20H24N4O3S. The van der Waals surface area contributed by atoms with Crippen LogP contribution in [0.15, 0.2) is 53.4 Å². The summed E-state index contributed by atoms with van der Waals surface area (Å²) in [6.45, 7) is 2.66. The summed E-state index contributed by atoms with van der Waals surface area (Å²) in [5.41, 5.74) is 4.34. The van der Waals surface area contributed by atoms with Crippen molar-refractivity contribution in [2.75, 3.05) is 37.5 Å². The minimum absolute atomic E-state index is 0.0519. The molecule has 1 saturated heterocycles. The van der Waals surface area contributed by atoms with Crippen molar-refractivity contribution in [1.82, 2.24) is 10.3 Å². The maximum Gasteiger partial charge on any atom is 0.324 e. The molecule has 3 rings (SSSR count). The van der Waals surface area contributed by atoms with Gasteiger partial charge >= 0.3 is 6.03 Å². The molecule has 1 fully saturated rings. The van der Waals surface area contributed by atoms with Crippen molar-refractivity contribution in [3.05, 3.63) is 59.7 Å². The van der Waals surface area contributed by atoms with E-state index < -0.39 is 0 Å². The number of hydrazine groups is 1. The smallest absolute Gasteiger partial charge is 0.324 e. The molecule has 0 bridgehead atoms. The van der Waals surface area contributed by atoms with Crippen LogP contribution >= 0.6 is 11.8 Å². The fourth-order valence-electron chi connectivity index (χ4n) is 2.98. The lowest BCUT2D eigenvalue weighted by atomic mass is 10.1. The van der Waals surface area contributed by atoms with Crippen molar-refractivity contribution in [3.63, 3.8) is 0 Å². The molecule has 0 atom stereocenters.